The molecule has 5 nitrogen and oxygen atoms in total. The highest BCUT2D eigenvalue weighted by molar-refractivity contribution is 9.10. The van der Waals surface area contributed by atoms with E-state index < -0.39 is 11.7 Å². The van der Waals surface area contributed by atoms with Gasteiger partial charge in [-0.25, -0.2) is 9.78 Å². The summed E-state index contributed by atoms with van der Waals surface area (Å²) in [4.78, 5) is 19.3. The van der Waals surface area contributed by atoms with Gasteiger partial charge in [0, 0.05) is 4.47 Å². The third kappa shape index (κ3) is 4.59. The number of hydrogen-bond acceptors (Lipinski definition) is 3. The Kier molecular flexibility index (Phi) is 4.90. The number of aromatic amines is 1. The fourth-order valence-electron chi connectivity index (χ4n) is 1.89. The molecule has 0 bridgehead atoms. The topological polar surface area (TPSA) is 67.0 Å². The van der Waals surface area contributed by atoms with Crippen molar-refractivity contribution in [3.05, 3.63) is 40.8 Å². The van der Waals surface area contributed by atoms with Gasteiger partial charge in [-0.3, -0.25) is 0 Å². The fourth-order valence-corrected chi connectivity index (χ4v) is 2.15. The molecule has 0 radical (unpaired) electrons. The van der Waals surface area contributed by atoms with Gasteiger partial charge in [-0.15, -0.1) is 0 Å². The molecular weight excluding hydrogens is 346 g/mol. The second kappa shape index (κ2) is 6.52. The van der Waals surface area contributed by atoms with Crippen LogP contribution < -0.4 is 5.32 Å². The number of H-pyrrole nitrogens is 1. The molecule has 0 aliphatic rings. The molecule has 2 aromatic rings. The molecule has 1 unspecified atom stereocenters. The lowest BCUT2D eigenvalue weighted by Gasteiger charge is -2.21. The second-order valence-corrected chi connectivity index (χ2v) is 6.97. The van der Waals surface area contributed by atoms with Crippen molar-refractivity contribution < 1.29 is 9.53 Å². The Bertz CT molecular complexity index is 644. The largest absolute Gasteiger partial charge is 0.444 e. The third-order valence-corrected chi connectivity index (χ3v) is 3.42. The number of benzene rings is 1. The predicted octanol–water partition coefficient (Wildman–Crippen LogP) is 4.42. The molecule has 118 valence electrons. The standard InChI is InChI=1S/C16H20BrN3O2/c1-10(19-15(21)22-16(2,3)4)14-18-9-13(20-14)11-5-7-12(17)8-6-11/h5-10H,1-4H3,(H,18,20)(H,19,21). The van der Waals surface area contributed by atoms with E-state index >= 15 is 0 Å². The van der Waals surface area contributed by atoms with Crippen molar-refractivity contribution >= 4 is 22.0 Å². The molecule has 1 aromatic heterocycles. The first kappa shape index (κ1) is 16.5. The zero-order valence-corrected chi connectivity index (χ0v) is 14.7. The van der Waals surface area contributed by atoms with Crippen molar-refractivity contribution in [2.75, 3.05) is 0 Å². The average molecular weight is 366 g/mol. The van der Waals surface area contributed by atoms with Gasteiger partial charge in [0.2, 0.25) is 0 Å². The van der Waals surface area contributed by atoms with Crippen LogP contribution in [0.3, 0.4) is 0 Å². The summed E-state index contributed by atoms with van der Waals surface area (Å²) < 4.78 is 6.26. The van der Waals surface area contributed by atoms with Crippen molar-refractivity contribution in [1.82, 2.24) is 15.3 Å². The molecule has 2 N–H and O–H groups in total. The van der Waals surface area contributed by atoms with Crippen molar-refractivity contribution in [3.63, 3.8) is 0 Å². The molecular formula is C16H20BrN3O2. The lowest BCUT2D eigenvalue weighted by molar-refractivity contribution is 0.0506. The zero-order valence-electron chi connectivity index (χ0n) is 13.1. The minimum atomic E-state index is -0.518. The highest BCUT2D eigenvalue weighted by atomic mass is 79.9. The van der Waals surface area contributed by atoms with Crippen LogP contribution in [0.2, 0.25) is 0 Å². The van der Waals surface area contributed by atoms with Crippen LogP contribution in [0.4, 0.5) is 4.79 Å². The molecule has 1 amide bonds. The van der Waals surface area contributed by atoms with Gasteiger partial charge in [0.1, 0.15) is 11.4 Å². The Hall–Kier alpha value is -1.82. The average Bonchev–Trinajstić information content (AvgIpc) is 2.86. The highest BCUT2D eigenvalue weighted by Gasteiger charge is 2.19. The van der Waals surface area contributed by atoms with Crippen LogP contribution in [0.5, 0.6) is 0 Å². The maximum absolute atomic E-state index is 11.8. The van der Waals surface area contributed by atoms with Crippen LogP contribution in [-0.4, -0.2) is 21.7 Å². The van der Waals surface area contributed by atoms with Crippen LogP contribution >= 0.6 is 15.9 Å². The van der Waals surface area contributed by atoms with E-state index in [9.17, 15) is 4.79 Å². The summed E-state index contributed by atoms with van der Waals surface area (Å²) >= 11 is 3.41. The molecule has 0 aliphatic heterocycles. The number of halogens is 1. The van der Waals surface area contributed by atoms with E-state index in [1.165, 1.54) is 0 Å². The number of nitrogens with one attached hydrogen (secondary N) is 2. The van der Waals surface area contributed by atoms with Crippen molar-refractivity contribution in [1.29, 1.82) is 0 Å². The van der Waals surface area contributed by atoms with E-state index in [1.807, 2.05) is 52.0 Å². The molecule has 1 atom stereocenters. The monoisotopic (exact) mass is 365 g/mol. The molecule has 0 saturated carbocycles. The van der Waals surface area contributed by atoms with Gasteiger partial charge >= 0.3 is 6.09 Å². The molecule has 1 aromatic carbocycles. The maximum Gasteiger partial charge on any atom is 0.408 e. The first-order valence-corrected chi connectivity index (χ1v) is 7.84. The molecule has 0 saturated heterocycles. The number of amides is 1. The number of rotatable bonds is 3. The van der Waals surface area contributed by atoms with Gasteiger partial charge < -0.3 is 15.0 Å². The Balaban J connectivity index is 2.04. The van der Waals surface area contributed by atoms with E-state index in [0.717, 1.165) is 15.7 Å². The molecule has 0 aliphatic carbocycles. The second-order valence-electron chi connectivity index (χ2n) is 6.06. The first-order valence-electron chi connectivity index (χ1n) is 7.05. The van der Waals surface area contributed by atoms with Crippen LogP contribution in [-0.2, 0) is 4.74 Å². The maximum atomic E-state index is 11.8. The Labute approximate surface area is 138 Å². The van der Waals surface area contributed by atoms with Crippen LogP contribution in [0.1, 0.15) is 39.6 Å². The van der Waals surface area contributed by atoms with Crippen LogP contribution in [0.15, 0.2) is 34.9 Å². The number of hydrogen-bond donors (Lipinski definition) is 2. The van der Waals surface area contributed by atoms with Crippen molar-refractivity contribution in [2.24, 2.45) is 0 Å². The highest BCUT2D eigenvalue weighted by Crippen LogP contribution is 2.21. The van der Waals surface area contributed by atoms with E-state index in [0.29, 0.717) is 5.82 Å². The van der Waals surface area contributed by atoms with Crippen molar-refractivity contribution in [2.45, 2.75) is 39.3 Å². The van der Waals surface area contributed by atoms with E-state index in [4.69, 9.17) is 4.74 Å². The van der Waals surface area contributed by atoms with E-state index in [-0.39, 0.29) is 6.04 Å². The van der Waals surface area contributed by atoms with Gasteiger partial charge in [0.15, 0.2) is 0 Å². The number of aromatic nitrogens is 2. The first-order chi connectivity index (χ1) is 10.2. The number of nitrogens with zero attached hydrogens (tertiary/aromatic N) is 1. The predicted molar refractivity (Wildman–Crippen MR) is 89.5 cm³/mol. The minimum Gasteiger partial charge on any atom is -0.444 e. The molecule has 6 heteroatoms. The lowest BCUT2D eigenvalue weighted by atomic mass is 10.2. The number of carbonyl (C=O) groups excluding carboxylic acids is 1. The number of alkyl carbamates (subject to hydrolysis) is 1. The van der Waals surface area contributed by atoms with E-state index in [1.54, 1.807) is 6.20 Å². The molecule has 2 rings (SSSR count). The number of carbonyl (C=O) groups is 1. The summed E-state index contributed by atoms with van der Waals surface area (Å²) in [6.45, 7) is 7.34. The van der Waals surface area contributed by atoms with E-state index in [2.05, 4.69) is 31.2 Å². The SMILES string of the molecule is CC(NC(=O)OC(C)(C)C)c1ncc(-c2ccc(Br)cc2)[nH]1. The quantitative estimate of drug-likeness (QED) is 0.845. The normalized spacial score (nSPS) is 12.8. The Morgan fingerprint density at radius 3 is 2.55 bits per heavy atom. The summed E-state index contributed by atoms with van der Waals surface area (Å²) in [5, 5.41) is 2.76. The summed E-state index contributed by atoms with van der Waals surface area (Å²) in [5.74, 6) is 0.684. The summed E-state index contributed by atoms with van der Waals surface area (Å²) in [5.41, 5.74) is 1.42. The van der Waals surface area contributed by atoms with Gasteiger partial charge in [-0.1, -0.05) is 28.1 Å². The van der Waals surface area contributed by atoms with Gasteiger partial charge in [0.25, 0.3) is 0 Å². The Morgan fingerprint density at radius 1 is 1.32 bits per heavy atom. The fraction of sp³-hybridized carbons (Fsp3) is 0.375. The van der Waals surface area contributed by atoms with Gasteiger partial charge in [-0.05, 0) is 45.4 Å². The molecule has 0 fully saturated rings. The van der Waals surface area contributed by atoms with Crippen molar-refractivity contribution in [3.8, 4) is 11.3 Å². The lowest BCUT2D eigenvalue weighted by Crippen LogP contribution is -2.34. The molecule has 1 heterocycles. The van der Waals surface area contributed by atoms with Gasteiger partial charge in [0.05, 0.1) is 17.9 Å². The summed E-state index contributed by atoms with van der Waals surface area (Å²) in [7, 11) is 0. The van der Waals surface area contributed by atoms with Crippen LogP contribution in [0.25, 0.3) is 11.3 Å². The number of ether oxygens (including phenoxy) is 1. The summed E-state index contributed by atoms with van der Waals surface area (Å²) in [6, 6.07) is 7.66. The summed E-state index contributed by atoms with van der Waals surface area (Å²) in [6.07, 6.45) is 1.30. The molecule has 22 heavy (non-hydrogen) atoms. The van der Waals surface area contributed by atoms with Gasteiger partial charge in [-0.2, -0.15) is 0 Å². The third-order valence-electron chi connectivity index (χ3n) is 2.89. The number of imidazole rings is 1. The Morgan fingerprint density at radius 2 is 1.95 bits per heavy atom. The zero-order chi connectivity index (χ0) is 16.3. The minimum absolute atomic E-state index is 0.265. The van der Waals surface area contributed by atoms with Crippen LogP contribution in [0, 0.1) is 0 Å². The molecule has 0 spiro atoms. The smallest absolute Gasteiger partial charge is 0.408 e.